The van der Waals surface area contributed by atoms with E-state index in [4.69, 9.17) is 0 Å². The lowest BCUT2D eigenvalue weighted by molar-refractivity contribution is 0.145. The number of nitrogens with one attached hydrogen (secondary N) is 1. The van der Waals surface area contributed by atoms with Crippen LogP contribution in [-0.2, 0) is 10.8 Å². The second-order valence-electron chi connectivity index (χ2n) is 4.75. The van der Waals surface area contributed by atoms with Crippen LogP contribution in [0.25, 0.3) is 0 Å². The zero-order valence-electron chi connectivity index (χ0n) is 10.3. The molecule has 1 N–H and O–H groups in total. The normalized spacial score (nSPS) is 32.5. The van der Waals surface area contributed by atoms with E-state index in [1.807, 2.05) is 0 Å². The summed E-state index contributed by atoms with van der Waals surface area (Å²) in [6, 6.07) is 1.20. The monoisotopic (exact) mass is 232 g/mol. The predicted molar refractivity (Wildman–Crippen MR) is 66.6 cm³/mol. The van der Waals surface area contributed by atoms with Crippen LogP contribution >= 0.6 is 0 Å². The second kappa shape index (κ2) is 5.97. The van der Waals surface area contributed by atoms with Crippen molar-refractivity contribution in [2.24, 2.45) is 0 Å². The molecule has 4 atom stereocenters. The summed E-state index contributed by atoms with van der Waals surface area (Å²) in [4.78, 5) is 2.50. The zero-order chi connectivity index (χ0) is 11.4. The van der Waals surface area contributed by atoms with Gasteiger partial charge in [0.15, 0.2) is 0 Å². The van der Waals surface area contributed by atoms with E-state index in [0.717, 1.165) is 26.1 Å². The zero-order valence-corrected chi connectivity index (χ0v) is 11.1. The lowest BCUT2D eigenvalue weighted by Gasteiger charge is -2.37. The maximum atomic E-state index is 11.2. The van der Waals surface area contributed by atoms with Gasteiger partial charge < -0.3 is 5.32 Å². The fraction of sp³-hybridized carbons (Fsp3) is 1.00. The van der Waals surface area contributed by atoms with Gasteiger partial charge in [0.1, 0.15) is 0 Å². The molecule has 0 aromatic carbocycles. The van der Waals surface area contributed by atoms with Gasteiger partial charge in [-0.1, -0.05) is 6.92 Å². The smallest absolute Gasteiger partial charge is 0.0329 e. The number of hydrogen-bond donors (Lipinski definition) is 1. The molecule has 0 aromatic heterocycles. The van der Waals surface area contributed by atoms with Crippen molar-refractivity contribution in [2.45, 2.75) is 44.5 Å². The first-order chi connectivity index (χ1) is 7.00. The van der Waals surface area contributed by atoms with Gasteiger partial charge in [0.25, 0.3) is 0 Å². The van der Waals surface area contributed by atoms with Crippen LogP contribution in [0, 0.1) is 0 Å². The van der Waals surface area contributed by atoms with Crippen LogP contribution in [-0.4, -0.2) is 52.3 Å². The van der Waals surface area contributed by atoms with Crippen molar-refractivity contribution in [3.05, 3.63) is 0 Å². The van der Waals surface area contributed by atoms with E-state index in [9.17, 15) is 4.21 Å². The highest BCUT2D eigenvalue weighted by Gasteiger charge is 2.22. The Labute approximate surface area is 96.1 Å². The minimum absolute atomic E-state index is 0.322. The number of rotatable bonds is 4. The van der Waals surface area contributed by atoms with Gasteiger partial charge in [0, 0.05) is 47.5 Å². The van der Waals surface area contributed by atoms with Crippen LogP contribution in [0.1, 0.15) is 27.2 Å². The fourth-order valence-electron chi connectivity index (χ4n) is 1.92. The molecule has 15 heavy (non-hydrogen) atoms. The maximum Gasteiger partial charge on any atom is 0.0329 e. The molecule has 0 aromatic rings. The van der Waals surface area contributed by atoms with Gasteiger partial charge in [0.2, 0.25) is 0 Å². The quantitative estimate of drug-likeness (QED) is 0.779. The molecular weight excluding hydrogens is 208 g/mol. The molecule has 4 unspecified atom stereocenters. The molecule has 0 spiro atoms. The summed E-state index contributed by atoms with van der Waals surface area (Å²) in [5, 5.41) is 3.79. The van der Waals surface area contributed by atoms with Crippen LogP contribution in [0.5, 0.6) is 0 Å². The maximum absolute atomic E-state index is 11.2. The Balaban J connectivity index is 2.33. The largest absolute Gasteiger partial charge is 0.311 e. The summed E-state index contributed by atoms with van der Waals surface area (Å²) in [6.45, 7) is 9.82. The van der Waals surface area contributed by atoms with Gasteiger partial charge in [0.05, 0.1) is 0 Å². The molecular formula is C11H24N2OS. The standard InChI is InChI=1S/C11H24N2OS/c1-9-8-13(10(2)7-12-9)6-5-11(3)15(4)14/h9-12H,5-8H2,1-4H3. The Morgan fingerprint density at radius 1 is 1.53 bits per heavy atom. The van der Waals surface area contributed by atoms with Gasteiger partial charge in [-0.05, 0) is 26.8 Å². The number of piperazine rings is 1. The Kier molecular flexibility index (Phi) is 5.23. The lowest BCUT2D eigenvalue weighted by atomic mass is 10.1. The molecule has 1 heterocycles. The van der Waals surface area contributed by atoms with Crippen molar-refractivity contribution in [2.75, 3.05) is 25.9 Å². The van der Waals surface area contributed by atoms with E-state index in [2.05, 4.69) is 31.0 Å². The Bertz CT molecular complexity index is 223. The van der Waals surface area contributed by atoms with E-state index in [0.29, 0.717) is 17.3 Å². The molecule has 0 aliphatic carbocycles. The first-order valence-electron chi connectivity index (χ1n) is 5.80. The Hall–Kier alpha value is 0.0700. The summed E-state index contributed by atoms with van der Waals surface area (Å²) >= 11 is 0. The highest BCUT2D eigenvalue weighted by molar-refractivity contribution is 7.84. The molecule has 1 fully saturated rings. The highest BCUT2D eigenvalue weighted by Crippen LogP contribution is 2.09. The van der Waals surface area contributed by atoms with Gasteiger partial charge in [-0.2, -0.15) is 0 Å². The van der Waals surface area contributed by atoms with E-state index < -0.39 is 10.8 Å². The van der Waals surface area contributed by atoms with Gasteiger partial charge in [-0.15, -0.1) is 0 Å². The highest BCUT2D eigenvalue weighted by atomic mass is 32.2. The van der Waals surface area contributed by atoms with Crippen molar-refractivity contribution in [3.63, 3.8) is 0 Å². The molecule has 0 radical (unpaired) electrons. The van der Waals surface area contributed by atoms with Crippen molar-refractivity contribution in [1.29, 1.82) is 0 Å². The average molecular weight is 232 g/mol. The molecule has 90 valence electrons. The minimum Gasteiger partial charge on any atom is -0.311 e. The van der Waals surface area contributed by atoms with Gasteiger partial charge in [-0.3, -0.25) is 9.11 Å². The summed E-state index contributed by atoms with van der Waals surface area (Å²) < 4.78 is 11.2. The fourth-order valence-corrected chi connectivity index (χ4v) is 2.36. The summed E-state index contributed by atoms with van der Waals surface area (Å²) in [6.07, 6.45) is 2.84. The van der Waals surface area contributed by atoms with Crippen molar-refractivity contribution in [3.8, 4) is 0 Å². The Morgan fingerprint density at radius 3 is 2.80 bits per heavy atom. The Morgan fingerprint density at radius 2 is 2.20 bits per heavy atom. The van der Waals surface area contributed by atoms with Crippen LogP contribution in [0.15, 0.2) is 0 Å². The number of nitrogens with zero attached hydrogens (tertiary/aromatic N) is 1. The van der Waals surface area contributed by atoms with Crippen molar-refractivity contribution >= 4 is 10.8 Å². The summed E-state index contributed by atoms with van der Waals surface area (Å²) in [7, 11) is -0.677. The second-order valence-corrected chi connectivity index (χ2v) is 6.55. The van der Waals surface area contributed by atoms with E-state index in [1.165, 1.54) is 0 Å². The lowest BCUT2D eigenvalue weighted by Crippen LogP contribution is -2.54. The topological polar surface area (TPSA) is 32.3 Å². The first kappa shape index (κ1) is 13.1. The van der Waals surface area contributed by atoms with E-state index in [-0.39, 0.29) is 0 Å². The molecule has 1 rings (SSSR count). The molecule has 0 saturated carbocycles. The third-order valence-electron chi connectivity index (χ3n) is 3.28. The van der Waals surface area contributed by atoms with Crippen LogP contribution in [0.4, 0.5) is 0 Å². The van der Waals surface area contributed by atoms with E-state index in [1.54, 1.807) is 6.26 Å². The predicted octanol–water partition coefficient (Wildman–Crippen LogP) is 0.826. The molecule has 1 saturated heterocycles. The van der Waals surface area contributed by atoms with Crippen LogP contribution in [0.3, 0.4) is 0 Å². The van der Waals surface area contributed by atoms with Crippen molar-refractivity contribution < 1.29 is 4.21 Å². The first-order valence-corrected chi connectivity index (χ1v) is 7.42. The molecule has 3 nitrogen and oxygen atoms in total. The van der Waals surface area contributed by atoms with Crippen LogP contribution < -0.4 is 5.32 Å². The average Bonchev–Trinajstić information content (AvgIpc) is 2.18. The molecule has 1 aliphatic heterocycles. The molecule has 0 bridgehead atoms. The van der Waals surface area contributed by atoms with Gasteiger partial charge >= 0.3 is 0 Å². The minimum atomic E-state index is -0.677. The summed E-state index contributed by atoms with van der Waals surface area (Å²) in [5.41, 5.74) is 0. The van der Waals surface area contributed by atoms with E-state index >= 15 is 0 Å². The third kappa shape index (κ3) is 4.21. The van der Waals surface area contributed by atoms with Crippen LogP contribution in [0.2, 0.25) is 0 Å². The number of hydrogen-bond acceptors (Lipinski definition) is 3. The van der Waals surface area contributed by atoms with Gasteiger partial charge in [-0.25, -0.2) is 0 Å². The summed E-state index contributed by atoms with van der Waals surface area (Å²) in [5.74, 6) is 0. The molecule has 4 heteroatoms. The molecule has 1 aliphatic rings. The molecule has 0 amide bonds. The third-order valence-corrected chi connectivity index (χ3v) is 4.65. The van der Waals surface area contributed by atoms with Crippen molar-refractivity contribution in [1.82, 2.24) is 10.2 Å². The SMILES string of the molecule is CC1CN(CCC(C)S(C)=O)C(C)CN1.